The normalized spacial score (nSPS) is 33.1. The van der Waals surface area contributed by atoms with Gasteiger partial charge in [0.05, 0.1) is 11.2 Å². The third kappa shape index (κ3) is 2.53. The molecule has 0 bridgehead atoms. The van der Waals surface area contributed by atoms with Crippen molar-refractivity contribution in [3.8, 4) is 0 Å². The van der Waals surface area contributed by atoms with Gasteiger partial charge in [-0.15, -0.1) is 0 Å². The summed E-state index contributed by atoms with van der Waals surface area (Å²) in [6.07, 6.45) is 0.302. The largest absolute Gasteiger partial charge is 0.490 e. The van der Waals surface area contributed by atoms with Crippen LogP contribution in [0.4, 0.5) is 4.39 Å². The molecule has 0 saturated carbocycles. The molecule has 2 aliphatic rings. The molecule has 5 nitrogen and oxygen atoms in total. The van der Waals surface area contributed by atoms with Gasteiger partial charge in [0.25, 0.3) is 0 Å². The highest BCUT2D eigenvalue weighted by Gasteiger charge is 2.53. The Bertz CT molecular complexity index is 408. The molecule has 2 atom stereocenters. The van der Waals surface area contributed by atoms with E-state index in [-0.39, 0.29) is 12.8 Å². The van der Waals surface area contributed by atoms with E-state index in [4.69, 9.17) is 9.31 Å². The Morgan fingerprint density at radius 2 is 1.89 bits per heavy atom. The fourth-order valence-electron chi connectivity index (χ4n) is 2.27. The number of allylic oxidation sites excluding steroid dienone is 1. The molecule has 0 aromatic rings. The molecular weight excluding hydrogens is 252 g/mol. The molecule has 106 valence electrons. The zero-order valence-corrected chi connectivity index (χ0v) is 11.7. The highest BCUT2D eigenvalue weighted by atomic mass is 19.1. The molecule has 0 aromatic carbocycles. The summed E-state index contributed by atoms with van der Waals surface area (Å²) in [6, 6.07) is -1.15. The van der Waals surface area contributed by atoms with E-state index in [1.807, 2.05) is 27.7 Å². The van der Waals surface area contributed by atoms with Crippen molar-refractivity contribution in [2.45, 2.75) is 64.0 Å². The first-order valence-electron chi connectivity index (χ1n) is 6.46. The molecule has 1 saturated heterocycles. The minimum absolute atomic E-state index is 0.00245. The van der Waals surface area contributed by atoms with E-state index in [0.717, 1.165) is 0 Å². The van der Waals surface area contributed by atoms with E-state index < -0.39 is 35.5 Å². The number of nitrogens with zero attached hydrogens (tertiary/aromatic N) is 1. The topological polar surface area (TPSA) is 61.6 Å². The van der Waals surface area contributed by atoms with Crippen molar-refractivity contribution in [2.75, 3.05) is 0 Å². The Morgan fingerprint density at radius 1 is 1.37 bits per heavy atom. The standard InChI is InChI=1S/C12H19BFNO4/c1-11(2)12(3,4)19-13(18-11)8-5-6-10(15(16)17)9(14)7-8/h5,9-10H,6-7H2,1-4H3. The van der Waals surface area contributed by atoms with Crippen LogP contribution >= 0.6 is 0 Å². The van der Waals surface area contributed by atoms with Gasteiger partial charge >= 0.3 is 7.12 Å². The van der Waals surface area contributed by atoms with Crippen LogP contribution in [-0.4, -0.2) is 35.5 Å². The number of rotatable bonds is 2. The van der Waals surface area contributed by atoms with E-state index in [9.17, 15) is 14.5 Å². The molecule has 1 heterocycles. The summed E-state index contributed by atoms with van der Waals surface area (Å²) in [6.45, 7) is 7.68. The molecular formula is C12H19BFNO4. The van der Waals surface area contributed by atoms with Gasteiger partial charge < -0.3 is 9.31 Å². The fourth-order valence-corrected chi connectivity index (χ4v) is 2.27. The van der Waals surface area contributed by atoms with E-state index >= 15 is 0 Å². The van der Waals surface area contributed by atoms with Gasteiger partial charge in [-0.1, -0.05) is 6.08 Å². The van der Waals surface area contributed by atoms with Gasteiger partial charge in [0.15, 0.2) is 6.17 Å². The number of hydrogen-bond acceptors (Lipinski definition) is 4. The maximum Gasteiger partial charge on any atom is 0.490 e. The lowest BCUT2D eigenvalue weighted by molar-refractivity contribution is -0.530. The van der Waals surface area contributed by atoms with Crippen LogP contribution in [0.3, 0.4) is 0 Å². The average Bonchev–Trinajstić information content (AvgIpc) is 2.47. The Hall–Kier alpha value is -0.945. The summed E-state index contributed by atoms with van der Waals surface area (Å²) < 4.78 is 25.4. The van der Waals surface area contributed by atoms with Crippen LogP contribution in [0.25, 0.3) is 0 Å². The first-order valence-corrected chi connectivity index (χ1v) is 6.46. The van der Waals surface area contributed by atoms with E-state index in [1.165, 1.54) is 0 Å². The third-order valence-corrected chi connectivity index (χ3v) is 4.30. The number of hydrogen-bond donors (Lipinski definition) is 0. The molecule has 7 heteroatoms. The summed E-state index contributed by atoms with van der Waals surface area (Å²) in [5.74, 6) is 0. The first-order chi connectivity index (χ1) is 8.64. The molecule has 0 aromatic heterocycles. The zero-order chi connectivity index (χ0) is 14.4. The minimum Gasteiger partial charge on any atom is -0.400 e. The Labute approximate surface area is 112 Å². The maximum absolute atomic E-state index is 13.8. The van der Waals surface area contributed by atoms with Gasteiger partial charge in [-0.25, -0.2) is 4.39 Å². The fraction of sp³-hybridized carbons (Fsp3) is 0.833. The lowest BCUT2D eigenvalue weighted by atomic mass is 9.71. The van der Waals surface area contributed by atoms with Gasteiger partial charge in [-0.3, -0.25) is 10.1 Å². The molecule has 2 unspecified atom stereocenters. The SMILES string of the molecule is CC1(C)OB(C2=CCC([N+](=O)[O-])C(F)C2)OC1(C)C. The van der Waals surface area contributed by atoms with Crippen LogP contribution in [0, 0.1) is 10.1 Å². The van der Waals surface area contributed by atoms with Crippen LogP contribution in [0.2, 0.25) is 0 Å². The van der Waals surface area contributed by atoms with Gasteiger partial charge in [-0.2, -0.15) is 0 Å². The van der Waals surface area contributed by atoms with Crippen molar-refractivity contribution < 1.29 is 18.6 Å². The molecule has 1 fully saturated rings. The number of nitro groups is 1. The summed E-state index contributed by atoms with van der Waals surface area (Å²) in [7, 11) is -0.601. The molecule has 2 rings (SSSR count). The summed E-state index contributed by atoms with van der Waals surface area (Å²) in [5.41, 5.74) is -0.293. The van der Waals surface area contributed by atoms with Crippen molar-refractivity contribution in [3.63, 3.8) is 0 Å². The average molecular weight is 271 g/mol. The lowest BCUT2D eigenvalue weighted by Gasteiger charge is -2.32. The minimum atomic E-state index is -1.48. The van der Waals surface area contributed by atoms with Crippen molar-refractivity contribution in [1.29, 1.82) is 0 Å². The van der Waals surface area contributed by atoms with Crippen molar-refractivity contribution in [1.82, 2.24) is 0 Å². The van der Waals surface area contributed by atoms with Gasteiger partial charge in [0, 0.05) is 17.8 Å². The van der Waals surface area contributed by atoms with Crippen molar-refractivity contribution in [3.05, 3.63) is 21.7 Å². The Kier molecular flexibility index (Phi) is 3.47. The first kappa shape index (κ1) is 14.5. The maximum atomic E-state index is 13.8. The van der Waals surface area contributed by atoms with Crippen LogP contribution in [0.15, 0.2) is 11.5 Å². The van der Waals surface area contributed by atoms with Gasteiger partial charge in [0.1, 0.15) is 0 Å². The highest BCUT2D eigenvalue weighted by Crippen LogP contribution is 2.40. The second-order valence-electron chi connectivity index (χ2n) is 6.18. The summed E-state index contributed by atoms with van der Waals surface area (Å²) in [4.78, 5) is 10.1. The Morgan fingerprint density at radius 3 is 2.32 bits per heavy atom. The third-order valence-electron chi connectivity index (χ3n) is 4.30. The second kappa shape index (κ2) is 4.56. The van der Waals surface area contributed by atoms with Crippen molar-refractivity contribution >= 4 is 7.12 Å². The molecule has 0 radical (unpaired) electrons. The number of alkyl halides is 1. The monoisotopic (exact) mass is 271 g/mol. The van der Waals surface area contributed by atoms with E-state index in [0.29, 0.717) is 5.47 Å². The predicted octanol–water partition coefficient (Wildman–Crippen LogP) is 2.32. The molecule has 0 spiro atoms. The van der Waals surface area contributed by atoms with Crippen LogP contribution in [0.1, 0.15) is 40.5 Å². The number of halogens is 1. The predicted molar refractivity (Wildman–Crippen MR) is 69.1 cm³/mol. The van der Waals surface area contributed by atoms with Gasteiger partial charge in [0.2, 0.25) is 6.04 Å². The summed E-state index contributed by atoms with van der Waals surface area (Å²) in [5, 5.41) is 10.7. The van der Waals surface area contributed by atoms with Crippen LogP contribution < -0.4 is 0 Å². The Balaban J connectivity index is 2.12. The highest BCUT2D eigenvalue weighted by molar-refractivity contribution is 6.54. The summed E-state index contributed by atoms with van der Waals surface area (Å²) >= 11 is 0. The molecule has 19 heavy (non-hydrogen) atoms. The van der Waals surface area contributed by atoms with Crippen LogP contribution in [-0.2, 0) is 9.31 Å². The molecule has 0 N–H and O–H groups in total. The molecule has 1 aliphatic carbocycles. The molecule has 1 aliphatic heterocycles. The van der Waals surface area contributed by atoms with E-state index in [2.05, 4.69) is 0 Å². The van der Waals surface area contributed by atoms with Gasteiger partial charge in [-0.05, 0) is 33.2 Å². The molecule has 0 amide bonds. The zero-order valence-electron chi connectivity index (χ0n) is 11.7. The lowest BCUT2D eigenvalue weighted by Crippen LogP contribution is -2.41. The smallest absolute Gasteiger partial charge is 0.400 e. The quantitative estimate of drug-likeness (QED) is 0.439. The van der Waals surface area contributed by atoms with Crippen LogP contribution in [0.5, 0.6) is 0 Å². The van der Waals surface area contributed by atoms with Crippen molar-refractivity contribution in [2.24, 2.45) is 0 Å². The van der Waals surface area contributed by atoms with E-state index in [1.54, 1.807) is 6.08 Å². The second-order valence-corrected chi connectivity index (χ2v) is 6.18.